The van der Waals surface area contributed by atoms with Crippen LogP contribution in [-0.4, -0.2) is 41.0 Å². The van der Waals surface area contributed by atoms with Crippen LogP contribution in [-0.2, 0) is 11.3 Å². The molecule has 28 heavy (non-hydrogen) atoms. The van der Waals surface area contributed by atoms with Gasteiger partial charge in [-0.2, -0.15) is 5.10 Å². The highest BCUT2D eigenvalue weighted by atomic mass is 35.5. The fourth-order valence-electron chi connectivity index (χ4n) is 2.73. The summed E-state index contributed by atoms with van der Waals surface area (Å²) in [5.74, 6) is 0.378. The minimum absolute atomic E-state index is 0. The van der Waals surface area contributed by atoms with E-state index in [-0.39, 0.29) is 12.4 Å². The van der Waals surface area contributed by atoms with E-state index in [2.05, 4.69) is 10.1 Å². The van der Waals surface area contributed by atoms with Crippen LogP contribution in [0.5, 0.6) is 5.75 Å². The third-order valence-electron chi connectivity index (χ3n) is 4.05. The quantitative estimate of drug-likeness (QED) is 0.610. The standard InChI is InChI=1S/C20H22N4O3.ClH/c1-3-27-20(25)19-13-18(23-24(19)11-9-21)15-8-10-22-17(12-15)14-4-6-16(26-2)7-5-14;/h4-8,10,12-13H,3,9,11,21H2,1-2H3;1H. The molecule has 0 unspecified atom stereocenters. The summed E-state index contributed by atoms with van der Waals surface area (Å²) >= 11 is 0. The van der Waals surface area contributed by atoms with Crippen molar-refractivity contribution >= 4 is 18.4 Å². The predicted octanol–water partition coefficient (Wildman–Crippen LogP) is 3.18. The van der Waals surface area contributed by atoms with E-state index in [0.717, 1.165) is 22.6 Å². The lowest BCUT2D eigenvalue weighted by Crippen LogP contribution is -2.17. The second kappa shape index (κ2) is 9.87. The Balaban J connectivity index is 0.00000280. The number of ether oxygens (including phenoxy) is 2. The first-order chi connectivity index (χ1) is 13.2. The molecule has 148 valence electrons. The Morgan fingerprint density at radius 2 is 1.86 bits per heavy atom. The second-order valence-corrected chi connectivity index (χ2v) is 5.81. The number of aromatic nitrogens is 3. The average Bonchev–Trinajstić information content (AvgIpc) is 3.13. The monoisotopic (exact) mass is 402 g/mol. The third kappa shape index (κ3) is 4.68. The lowest BCUT2D eigenvalue weighted by molar-refractivity contribution is 0.0512. The highest BCUT2D eigenvalue weighted by molar-refractivity contribution is 5.89. The van der Waals surface area contributed by atoms with Gasteiger partial charge in [0, 0.05) is 23.9 Å². The molecule has 2 N–H and O–H groups in total. The van der Waals surface area contributed by atoms with Crippen molar-refractivity contribution in [1.29, 1.82) is 0 Å². The molecule has 0 aliphatic rings. The molecule has 0 spiro atoms. The van der Waals surface area contributed by atoms with Crippen molar-refractivity contribution in [2.75, 3.05) is 20.3 Å². The summed E-state index contributed by atoms with van der Waals surface area (Å²) in [4.78, 5) is 16.6. The maximum absolute atomic E-state index is 12.2. The van der Waals surface area contributed by atoms with Crippen LogP contribution in [0.25, 0.3) is 22.5 Å². The number of nitrogens with zero attached hydrogens (tertiary/aromatic N) is 3. The molecule has 0 saturated heterocycles. The zero-order valence-corrected chi connectivity index (χ0v) is 16.6. The smallest absolute Gasteiger partial charge is 0.356 e. The Labute approximate surface area is 169 Å². The number of carbonyl (C=O) groups is 1. The van der Waals surface area contributed by atoms with Gasteiger partial charge in [0.05, 0.1) is 31.6 Å². The van der Waals surface area contributed by atoms with Crippen molar-refractivity contribution in [3.63, 3.8) is 0 Å². The molecule has 0 aliphatic heterocycles. The first-order valence-corrected chi connectivity index (χ1v) is 8.72. The Bertz CT molecular complexity index is 925. The molecule has 8 heteroatoms. The van der Waals surface area contributed by atoms with Crippen molar-refractivity contribution in [3.05, 3.63) is 54.4 Å². The largest absolute Gasteiger partial charge is 0.497 e. The van der Waals surface area contributed by atoms with Crippen LogP contribution in [0, 0.1) is 0 Å². The van der Waals surface area contributed by atoms with E-state index in [1.807, 2.05) is 36.4 Å². The molecule has 7 nitrogen and oxygen atoms in total. The highest BCUT2D eigenvalue weighted by Gasteiger charge is 2.17. The van der Waals surface area contributed by atoms with Crippen LogP contribution < -0.4 is 10.5 Å². The molecule has 2 heterocycles. The Morgan fingerprint density at radius 3 is 2.50 bits per heavy atom. The van der Waals surface area contributed by atoms with Crippen LogP contribution in [0.3, 0.4) is 0 Å². The lowest BCUT2D eigenvalue weighted by Gasteiger charge is -2.05. The van der Waals surface area contributed by atoms with E-state index in [9.17, 15) is 4.79 Å². The van der Waals surface area contributed by atoms with Crippen molar-refractivity contribution in [1.82, 2.24) is 14.8 Å². The van der Waals surface area contributed by atoms with Gasteiger partial charge in [-0.05, 0) is 49.4 Å². The number of esters is 1. The van der Waals surface area contributed by atoms with Gasteiger partial charge >= 0.3 is 5.97 Å². The normalized spacial score (nSPS) is 10.2. The van der Waals surface area contributed by atoms with E-state index in [1.165, 1.54) is 0 Å². The highest BCUT2D eigenvalue weighted by Crippen LogP contribution is 2.26. The van der Waals surface area contributed by atoms with Gasteiger partial charge in [-0.15, -0.1) is 12.4 Å². The van der Waals surface area contributed by atoms with Crippen molar-refractivity contribution in [2.24, 2.45) is 5.73 Å². The van der Waals surface area contributed by atoms with Crippen LogP contribution in [0.2, 0.25) is 0 Å². The maximum atomic E-state index is 12.2. The van der Waals surface area contributed by atoms with E-state index in [1.54, 1.807) is 31.0 Å². The van der Waals surface area contributed by atoms with E-state index in [4.69, 9.17) is 15.2 Å². The van der Waals surface area contributed by atoms with E-state index in [0.29, 0.717) is 31.1 Å². The van der Waals surface area contributed by atoms with Gasteiger partial charge in [-0.3, -0.25) is 9.67 Å². The molecule has 0 fully saturated rings. The summed E-state index contributed by atoms with van der Waals surface area (Å²) in [6, 6.07) is 13.2. The van der Waals surface area contributed by atoms with Gasteiger partial charge in [0.25, 0.3) is 0 Å². The summed E-state index contributed by atoms with van der Waals surface area (Å²) < 4.78 is 11.9. The number of hydrogen-bond acceptors (Lipinski definition) is 6. The van der Waals surface area contributed by atoms with Crippen molar-refractivity contribution in [3.8, 4) is 28.3 Å². The zero-order valence-electron chi connectivity index (χ0n) is 15.8. The van der Waals surface area contributed by atoms with Gasteiger partial charge in [0.15, 0.2) is 0 Å². The van der Waals surface area contributed by atoms with Crippen LogP contribution >= 0.6 is 12.4 Å². The summed E-state index contributed by atoms with van der Waals surface area (Å²) in [5.41, 5.74) is 9.33. The SMILES string of the molecule is CCOC(=O)c1cc(-c2ccnc(-c3ccc(OC)cc3)c2)nn1CCN.Cl. The fraction of sp³-hybridized carbons (Fsp3) is 0.250. The molecule has 3 aromatic rings. The molecule has 0 amide bonds. The van der Waals surface area contributed by atoms with Crippen LogP contribution in [0.4, 0.5) is 0 Å². The van der Waals surface area contributed by atoms with Crippen molar-refractivity contribution in [2.45, 2.75) is 13.5 Å². The van der Waals surface area contributed by atoms with E-state index < -0.39 is 5.97 Å². The van der Waals surface area contributed by atoms with Gasteiger partial charge in [0.1, 0.15) is 11.4 Å². The summed E-state index contributed by atoms with van der Waals surface area (Å²) in [7, 11) is 1.63. The average molecular weight is 403 g/mol. The minimum Gasteiger partial charge on any atom is -0.497 e. The number of carbonyl (C=O) groups excluding carboxylic acids is 1. The second-order valence-electron chi connectivity index (χ2n) is 5.81. The number of hydrogen-bond donors (Lipinski definition) is 1. The molecule has 0 radical (unpaired) electrons. The molecule has 3 rings (SSSR count). The zero-order chi connectivity index (χ0) is 19.2. The first kappa shape index (κ1) is 21.4. The molecule has 0 atom stereocenters. The van der Waals surface area contributed by atoms with Gasteiger partial charge in [0.2, 0.25) is 0 Å². The van der Waals surface area contributed by atoms with Crippen molar-refractivity contribution < 1.29 is 14.3 Å². The minimum atomic E-state index is -0.408. The number of nitrogens with two attached hydrogens (primary N) is 1. The number of halogens is 1. The van der Waals surface area contributed by atoms with Gasteiger partial charge in [-0.25, -0.2) is 4.79 Å². The molecule has 0 aliphatic carbocycles. The molecule has 0 saturated carbocycles. The maximum Gasteiger partial charge on any atom is 0.356 e. The molecular formula is C20H23ClN4O3. The predicted molar refractivity (Wildman–Crippen MR) is 110 cm³/mol. The van der Waals surface area contributed by atoms with Gasteiger partial charge < -0.3 is 15.2 Å². The van der Waals surface area contributed by atoms with Crippen LogP contribution in [0.1, 0.15) is 17.4 Å². The molecule has 1 aromatic carbocycles. The lowest BCUT2D eigenvalue weighted by atomic mass is 10.1. The summed E-state index contributed by atoms with van der Waals surface area (Å²) in [5, 5.41) is 4.52. The topological polar surface area (TPSA) is 92.3 Å². The molecule has 0 bridgehead atoms. The number of benzene rings is 1. The van der Waals surface area contributed by atoms with E-state index >= 15 is 0 Å². The molecular weight excluding hydrogens is 380 g/mol. The summed E-state index contributed by atoms with van der Waals surface area (Å²) in [6.07, 6.45) is 1.72. The Kier molecular flexibility index (Phi) is 7.54. The number of pyridine rings is 1. The molecule has 2 aromatic heterocycles. The fourth-order valence-corrected chi connectivity index (χ4v) is 2.73. The third-order valence-corrected chi connectivity index (χ3v) is 4.05. The Morgan fingerprint density at radius 1 is 1.11 bits per heavy atom. The van der Waals surface area contributed by atoms with Crippen LogP contribution in [0.15, 0.2) is 48.7 Å². The first-order valence-electron chi connectivity index (χ1n) is 8.72. The number of methoxy groups -OCH3 is 1. The number of rotatable bonds is 7. The Hall–Kier alpha value is -2.90. The summed E-state index contributed by atoms with van der Waals surface area (Å²) in [6.45, 7) is 2.89. The van der Waals surface area contributed by atoms with Gasteiger partial charge in [-0.1, -0.05) is 0 Å².